The molecule has 2 aliphatic heterocycles. The lowest BCUT2D eigenvalue weighted by atomic mass is 9.93. The van der Waals surface area contributed by atoms with E-state index in [4.69, 9.17) is 4.74 Å². The second-order valence-electron chi connectivity index (χ2n) is 7.97. The highest BCUT2D eigenvalue weighted by Crippen LogP contribution is 2.29. The number of ether oxygens (including phenoxy) is 1. The smallest absolute Gasteiger partial charge is 0.276 e. The zero-order valence-electron chi connectivity index (χ0n) is 17.0. The van der Waals surface area contributed by atoms with Crippen LogP contribution in [0.5, 0.6) is 0 Å². The molecule has 0 aromatic carbocycles. The Kier molecular flexibility index (Phi) is 5.42. The number of hydrogen-bond acceptors (Lipinski definition) is 6. The molecule has 0 bridgehead atoms. The zero-order valence-corrected chi connectivity index (χ0v) is 17.0. The number of aromatic nitrogens is 4. The fourth-order valence-corrected chi connectivity index (χ4v) is 4.46. The molecule has 0 radical (unpaired) electrons. The summed E-state index contributed by atoms with van der Waals surface area (Å²) in [6.45, 7) is 5.38. The predicted octanol–water partition coefficient (Wildman–Crippen LogP) is 1.98. The monoisotopic (exact) mass is 406 g/mol. The topological polar surface area (TPSA) is 75.9 Å². The van der Waals surface area contributed by atoms with Crippen molar-refractivity contribution < 1.29 is 9.53 Å². The molecule has 8 heteroatoms. The van der Waals surface area contributed by atoms with E-state index >= 15 is 0 Å². The predicted molar refractivity (Wildman–Crippen MR) is 111 cm³/mol. The van der Waals surface area contributed by atoms with Crippen molar-refractivity contribution in [2.45, 2.75) is 25.3 Å². The van der Waals surface area contributed by atoms with Crippen LogP contribution >= 0.6 is 0 Å². The van der Waals surface area contributed by atoms with Gasteiger partial charge in [0.05, 0.1) is 13.2 Å². The number of amides is 1. The van der Waals surface area contributed by atoms with Crippen molar-refractivity contribution in [2.75, 3.05) is 39.4 Å². The van der Waals surface area contributed by atoms with Crippen molar-refractivity contribution in [1.29, 1.82) is 0 Å². The average Bonchev–Trinajstić information content (AvgIpc) is 3.25. The Morgan fingerprint density at radius 3 is 2.67 bits per heavy atom. The van der Waals surface area contributed by atoms with Gasteiger partial charge in [0, 0.05) is 49.8 Å². The molecular weight excluding hydrogens is 380 g/mol. The Hall–Kier alpha value is -2.84. The summed E-state index contributed by atoms with van der Waals surface area (Å²) in [5.74, 6) is 0.373. The van der Waals surface area contributed by atoms with Crippen LogP contribution in [-0.4, -0.2) is 74.5 Å². The van der Waals surface area contributed by atoms with E-state index in [2.05, 4.69) is 32.0 Å². The van der Waals surface area contributed by atoms with E-state index in [1.54, 1.807) is 11.2 Å². The summed E-state index contributed by atoms with van der Waals surface area (Å²) >= 11 is 0. The fraction of sp³-hybridized carbons (Fsp3) is 0.455. The summed E-state index contributed by atoms with van der Waals surface area (Å²) in [4.78, 5) is 30.4. The van der Waals surface area contributed by atoms with Gasteiger partial charge in [0.15, 0.2) is 11.3 Å². The molecule has 5 rings (SSSR count). The van der Waals surface area contributed by atoms with Crippen LogP contribution < -0.4 is 0 Å². The van der Waals surface area contributed by atoms with Crippen molar-refractivity contribution in [3.63, 3.8) is 0 Å². The maximum absolute atomic E-state index is 12.9. The van der Waals surface area contributed by atoms with Crippen LogP contribution in [0, 0.1) is 0 Å². The normalized spacial score (nSPS) is 18.7. The van der Waals surface area contributed by atoms with Crippen molar-refractivity contribution in [3.8, 4) is 0 Å². The molecule has 0 spiro atoms. The van der Waals surface area contributed by atoms with Gasteiger partial charge in [-0.25, -0.2) is 9.97 Å². The Labute approximate surface area is 175 Å². The van der Waals surface area contributed by atoms with E-state index in [0.29, 0.717) is 43.6 Å². The van der Waals surface area contributed by atoms with Gasteiger partial charge in [0.2, 0.25) is 0 Å². The number of pyridine rings is 1. The highest BCUT2D eigenvalue weighted by Gasteiger charge is 2.26. The minimum atomic E-state index is -0.0586. The van der Waals surface area contributed by atoms with E-state index in [0.717, 1.165) is 32.5 Å². The zero-order chi connectivity index (χ0) is 20.3. The van der Waals surface area contributed by atoms with E-state index < -0.39 is 0 Å². The van der Waals surface area contributed by atoms with E-state index in [9.17, 15) is 4.79 Å². The molecule has 0 unspecified atom stereocenters. The number of rotatable bonds is 4. The molecule has 0 N–H and O–H groups in total. The lowest BCUT2D eigenvalue weighted by Crippen LogP contribution is -2.41. The van der Waals surface area contributed by atoms with E-state index in [-0.39, 0.29) is 5.91 Å². The Morgan fingerprint density at radius 2 is 1.90 bits per heavy atom. The van der Waals surface area contributed by atoms with Crippen LogP contribution in [0.25, 0.3) is 5.65 Å². The molecule has 2 aliphatic rings. The number of nitrogens with zero attached hydrogens (tertiary/aromatic N) is 6. The summed E-state index contributed by atoms with van der Waals surface area (Å²) < 4.78 is 7.37. The fourth-order valence-electron chi connectivity index (χ4n) is 4.46. The largest absolute Gasteiger partial charge is 0.378 e. The van der Waals surface area contributed by atoms with Gasteiger partial charge in [-0.05, 0) is 43.6 Å². The standard InChI is InChI=1S/C22H26N6O2/c29-22(27-10-12-30-13-11-27)20-21-24-7-3-19(28(21)16-25-20)18-4-8-26(9-5-18)15-17-2-1-6-23-14-17/h1-3,6-7,14,16,18H,4-5,8-13,15H2. The number of hydrogen-bond donors (Lipinski definition) is 0. The SMILES string of the molecule is O=C(c1ncn2c(C3CCN(Cc4cccnc4)CC3)ccnc12)N1CCOCC1. The lowest BCUT2D eigenvalue weighted by Gasteiger charge is -2.32. The van der Waals surface area contributed by atoms with Gasteiger partial charge in [-0.2, -0.15) is 0 Å². The highest BCUT2D eigenvalue weighted by molar-refractivity contribution is 5.98. The van der Waals surface area contributed by atoms with Gasteiger partial charge in [0.1, 0.15) is 6.33 Å². The molecule has 8 nitrogen and oxygen atoms in total. The number of fused-ring (bicyclic) bond motifs is 1. The number of carbonyl (C=O) groups is 1. The summed E-state index contributed by atoms with van der Waals surface area (Å²) in [6.07, 6.45) is 9.47. The lowest BCUT2D eigenvalue weighted by molar-refractivity contribution is 0.0300. The third-order valence-corrected chi connectivity index (χ3v) is 6.10. The molecule has 0 atom stereocenters. The molecule has 0 aliphatic carbocycles. The van der Waals surface area contributed by atoms with Gasteiger partial charge < -0.3 is 9.64 Å². The number of morpholine rings is 1. The first-order valence-electron chi connectivity index (χ1n) is 10.6. The molecule has 0 saturated carbocycles. The number of carbonyl (C=O) groups excluding carboxylic acids is 1. The van der Waals surface area contributed by atoms with Crippen LogP contribution in [0.15, 0.2) is 43.1 Å². The van der Waals surface area contributed by atoms with Crippen LogP contribution in [0.4, 0.5) is 0 Å². The van der Waals surface area contributed by atoms with E-state index in [1.165, 1.54) is 11.3 Å². The Bertz CT molecular complexity index is 1010. The minimum absolute atomic E-state index is 0.0586. The first kappa shape index (κ1) is 19.1. The van der Waals surface area contributed by atoms with Crippen LogP contribution in [0.2, 0.25) is 0 Å². The summed E-state index contributed by atoms with van der Waals surface area (Å²) in [7, 11) is 0. The molecule has 30 heavy (non-hydrogen) atoms. The molecular formula is C22H26N6O2. The molecule has 156 valence electrons. The molecule has 3 aromatic heterocycles. The first-order valence-corrected chi connectivity index (χ1v) is 10.6. The number of imidazole rings is 1. The summed E-state index contributed by atoms with van der Waals surface area (Å²) in [5.41, 5.74) is 3.53. The van der Waals surface area contributed by atoms with Gasteiger partial charge >= 0.3 is 0 Å². The van der Waals surface area contributed by atoms with Crippen molar-refractivity contribution in [2.24, 2.45) is 0 Å². The third kappa shape index (κ3) is 3.80. The summed E-state index contributed by atoms with van der Waals surface area (Å²) in [6, 6.07) is 6.19. The first-order chi connectivity index (χ1) is 14.8. The quantitative estimate of drug-likeness (QED) is 0.660. The third-order valence-electron chi connectivity index (χ3n) is 6.10. The van der Waals surface area contributed by atoms with Crippen molar-refractivity contribution >= 4 is 11.6 Å². The Morgan fingerprint density at radius 1 is 1.07 bits per heavy atom. The van der Waals surface area contributed by atoms with Crippen LogP contribution in [0.1, 0.15) is 40.5 Å². The average molecular weight is 406 g/mol. The molecule has 2 saturated heterocycles. The van der Waals surface area contributed by atoms with Gasteiger partial charge in [-0.15, -0.1) is 0 Å². The Balaban J connectivity index is 1.31. The molecule has 5 heterocycles. The second-order valence-corrected chi connectivity index (χ2v) is 7.97. The minimum Gasteiger partial charge on any atom is -0.378 e. The maximum Gasteiger partial charge on any atom is 0.276 e. The second kappa shape index (κ2) is 8.49. The number of piperidine rings is 1. The van der Waals surface area contributed by atoms with Crippen LogP contribution in [0.3, 0.4) is 0 Å². The number of likely N-dealkylation sites (tertiary alicyclic amines) is 1. The molecule has 2 fully saturated rings. The van der Waals surface area contributed by atoms with Crippen LogP contribution in [-0.2, 0) is 11.3 Å². The van der Waals surface area contributed by atoms with Gasteiger partial charge in [-0.1, -0.05) is 6.07 Å². The van der Waals surface area contributed by atoms with E-state index in [1.807, 2.05) is 29.1 Å². The molecule has 1 amide bonds. The maximum atomic E-state index is 12.9. The van der Waals surface area contributed by atoms with Gasteiger partial charge in [0.25, 0.3) is 5.91 Å². The molecule has 3 aromatic rings. The van der Waals surface area contributed by atoms with Gasteiger partial charge in [-0.3, -0.25) is 19.1 Å². The van der Waals surface area contributed by atoms with Crippen molar-refractivity contribution in [3.05, 3.63) is 60.1 Å². The van der Waals surface area contributed by atoms with Crippen molar-refractivity contribution in [1.82, 2.24) is 29.2 Å². The summed E-state index contributed by atoms with van der Waals surface area (Å²) in [5, 5.41) is 0. The highest BCUT2D eigenvalue weighted by atomic mass is 16.5.